The summed E-state index contributed by atoms with van der Waals surface area (Å²) in [5, 5.41) is 0. The number of nitrogens with zero attached hydrogens (tertiary/aromatic N) is 2. The molecule has 3 nitrogen and oxygen atoms in total. The highest BCUT2D eigenvalue weighted by Gasteiger charge is 2.44. The third-order valence-corrected chi connectivity index (χ3v) is 4.38. The zero-order valence-corrected chi connectivity index (χ0v) is 10.2. The first kappa shape index (κ1) is 11.4. The lowest BCUT2D eigenvalue weighted by Crippen LogP contribution is -2.57. The molecular formula is C12H25N3. The molecule has 0 saturated carbocycles. The van der Waals surface area contributed by atoms with Gasteiger partial charge in [-0.15, -0.1) is 0 Å². The van der Waals surface area contributed by atoms with Gasteiger partial charge in [-0.25, -0.2) is 0 Å². The molecule has 0 aliphatic carbocycles. The Morgan fingerprint density at radius 1 is 1.27 bits per heavy atom. The molecule has 0 aromatic rings. The van der Waals surface area contributed by atoms with Gasteiger partial charge in [0, 0.05) is 24.7 Å². The number of nitrogens with two attached hydrogens (primary N) is 1. The van der Waals surface area contributed by atoms with Crippen LogP contribution in [0.25, 0.3) is 0 Å². The van der Waals surface area contributed by atoms with Crippen LogP contribution in [-0.2, 0) is 0 Å². The van der Waals surface area contributed by atoms with Crippen molar-refractivity contribution in [2.24, 2.45) is 5.73 Å². The van der Waals surface area contributed by atoms with Crippen molar-refractivity contribution in [1.29, 1.82) is 0 Å². The van der Waals surface area contributed by atoms with Gasteiger partial charge in [0.15, 0.2) is 0 Å². The second-order valence-electron chi connectivity index (χ2n) is 5.44. The molecule has 2 N–H and O–H groups in total. The molecule has 15 heavy (non-hydrogen) atoms. The lowest BCUT2D eigenvalue weighted by molar-refractivity contribution is 0.0799. The van der Waals surface area contributed by atoms with Gasteiger partial charge in [0.05, 0.1) is 0 Å². The second kappa shape index (κ2) is 4.40. The summed E-state index contributed by atoms with van der Waals surface area (Å²) < 4.78 is 0. The second-order valence-corrected chi connectivity index (χ2v) is 5.44. The number of likely N-dealkylation sites (tertiary alicyclic amines) is 2. The summed E-state index contributed by atoms with van der Waals surface area (Å²) in [6, 6.07) is 0.690. The Labute approximate surface area is 93.6 Å². The molecule has 2 unspecified atom stereocenters. The van der Waals surface area contributed by atoms with E-state index >= 15 is 0 Å². The Morgan fingerprint density at radius 2 is 1.93 bits per heavy atom. The maximum absolute atomic E-state index is 6.06. The average Bonchev–Trinajstić information content (AvgIpc) is 2.57. The monoisotopic (exact) mass is 211 g/mol. The Kier molecular flexibility index (Phi) is 3.33. The number of rotatable bonds is 2. The molecule has 2 rings (SSSR count). The number of piperidine rings is 1. The molecule has 0 bridgehead atoms. The van der Waals surface area contributed by atoms with Crippen LogP contribution < -0.4 is 5.73 Å². The van der Waals surface area contributed by atoms with E-state index in [1.54, 1.807) is 0 Å². The summed E-state index contributed by atoms with van der Waals surface area (Å²) in [7, 11) is 2.23. The third kappa shape index (κ3) is 2.05. The van der Waals surface area contributed by atoms with Gasteiger partial charge in [0.2, 0.25) is 0 Å². The molecule has 0 radical (unpaired) electrons. The SMILES string of the molecule is CC1CC(CN)(N2CCCCC2)CN1C. The van der Waals surface area contributed by atoms with E-state index in [1.165, 1.54) is 38.8 Å². The topological polar surface area (TPSA) is 32.5 Å². The highest BCUT2D eigenvalue weighted by molar-refractivity contribution is 5.02. The van der Waals surface area contributed by atoms with Crippen molar-refractivity contribution in [3.8, 4) is 0 Å². The zero-order chi connectivity index (χ0) is 10.9. The Bertz CT molecular complexity index is 201. The first-order valence-corrected chi connectivity index (χ1v) is 6.33. The largest absolute Gasteiger partial charge is 0.329 e. The van der Waals surface area contributed by atoms with Crippen LogP contribution in [-0.4, -0.2) is 54.6 Å². The lowest BCUT2D eigenvalue weighted by Gasteiger charge is -2.42. The first-order chi connectivity index (χ1) is 7.18. The van der Waals surface area contributed by atoms with Crippen LogP contribution in [0.1, 0.15) is 32.6 Å². The zero-order valence-electron chi connectivity index (χ0n) is 10.2. The maximum Gasteiger partial charge on any atom is 0.0473 e. The average molecular weight is 211 g/mol. The Hall–Kier alpha value is -0.120. The fourth-order valence-corrected chi connectivity index (χ4v) is 3.26. The normalized spacial score (nSPS) is 39.8. The van der Waals surface area contributed by atoms with Gasteiger partial charge in [-0.1, -0.05) is 6.42 Å². The van der Waals surface area contributed by atoms with Crippen LogP contribution >= 0.6 is 0 Å². The molecular weight excluding hydrogens is 186 g/mol. The summed E-state index contributed by atoms with van der Waals surface area (Å²) in [6.07, 6.45) is 5.38. The van der Waals surface area contributed by atoms with Crippen LogP contribution in [0.2, 0.25) is 0 Å². The van der Waals surface area contributed by atoms with Crippen LogP contribution in [0, 0.1) is 0 Å². The van der Waals surface area contributed by atoms with E-state index < -0.39 is 0 Å². The molecule has 3 heteroatoms. The predicted octanol–water partition coefficient (Wildman–Crippen LogP) is 0.894. The third-order valence-electron chi connectivity index (χ3n) is 4.38. The first-order valence-electron chi connectivity index (χ1n) is 6.33. The van der Waals surface area contributed by atoms with E-state index in [9.17, 15) is 0 Å². The molecule has 88 valence electrons. The molecule has 0 aromatic carbocycles. The standard InChI is InChI=1S/C12H25N3/c1-11-8-12(9-13,10-14(11)2)15-6-4-3-5-7-15/h11H,3-10,13H2,1-2H3. The fraction of sp³-hybridized carbons (Fsp3) is 1.00. The van der Waals surface area contributed by atoms with Crippen molar-refractivity contribution in [2.75, 3.05) is 33.2 Å². The van der Waals surface area contributed by atoms with Crippen molar-refractivity contribution in [1.82, 2.24) is 9.80 Å². The van der Waals surface area contributed by atoms with Crippen molar-refractivity contribution >= 4 is 0 Å². The van der Waals surface area contributed by atoms with E-state index in [0.29, 0.717) is 6.04 Å². The van der Waals surface area contributed by atoms with Gasteiger partial charge in [0.25, 0.3) is 0 Å². The summed E-state index contributed by atoms with van der Waals surface area (Å²) in [6.45, 7) is 6.82. The Morgan fingerprint density at radius 3 is 2.40 bits per heavy atom. The van der Waals surface area contributed by atoms with E-state index in [1.807, 2.05) is 0 Å². The fourth-order valence-electron chi connectivity index (χ4n) is 3.26. The van der Waals surface area contributed by atoms with Crippen molar-refractivity contribution in [2.45, 2.75) is 44.2 Å². The molecule has 2 atom stereocenters. The molecule has 2 aliphatic heterocycles. The van der Waals surface area contributed by atoms with Crippen molar-refractivity contribution < 1.29 is 0 Å². The van der Waals surface area contributed by atoms with E-state index in [4.69, 9.17) is 5.73 Å². The smallest absolute Gasteiger partial charge is 0.0473 e. The number of likely N-dealkylation sites (N-methyl/N-ethyl adjacent to an activating group) is 1. The number of hydrogen-bond acceptors (Lipinski definition) is 3. The maximum atomic E-state index is 6.06. The molecule has 2 heterocycles. The quantitative estimate of drug-likeness (QED) is 0.736. The van der Waals surface area contributed by atoms with Crippen LogP contribution in [0.3, 0.4) is 0 Å². The van der Waals surface area contributed by atoms with Gasteiger partial charge < -0.3 is 10.6 Å². The minimum Gasteiger partial charge on any atom is -0.329 e. The van der Waals surface area contributed by atoms with Gasteiger partial charge in [-0.05, 0) is 46.3 Å². The molecule has 2 fully saturated rings. The highest BCUT2D eigenvalue weighted by atomic mass is 15.3. The van der Waals surface area contributed by atoms with Gasteiger partial charge in [-0.3, -0.25) is 4.90 Å². The predicted molar refractivity (Wildman–Crippen MR) is 63.9 cm³/mol. The highest BCUT2D eigenvalue weighted by Crippen LogP contribution is 2.32. The minimum atomic E-state index is 0.286. The summed E-state index contributed by atoms with van der Waals surface area (Å²) in [4.78, 5) is 5.12. The van der Waals surface area contributed by atoms with Crippen molar-refractivity contribution in [3.05, 3.63) is 0 Å². The lowest BCUT2D eigenvalue weighted by atomic mass is 9.91. The molecule has 2 aliphatic rings. The molecule has 0 amide bonds. The molecule has 2 saturated heterocycles. The molecule has 0 spiro atoms. The van der Waals surface area contributed by atoms with Crippen LogP contribution in [0.5, 0.6) is 0 Å². The number of hydrogen-bond donors (Lipinski definition) is 1. The van der Waals surface area contributed by atoms with Gasteiger partial charge in [-0.2, -0.15) is 0 Å². The van der Waals surface area contributed by atoms with Gasteiger partial charge in [0.1, 0.15) is 0 Å². The summed E-state index contributed by atoms with van der Waals surface area (Å²) in [5.41, 5.74) is 6.34. The van der Waals surface area contributed by atoms with Crippen molar-refractivity contribution in [3.63, 3.8) is 0 Å². The van der Waals surface area contributed by atoms with E-state index in [2.05, 4.69) is 23.8 Å². The Balaban J connectivity index is 2.07. The molecule has 0 aromatic heterocycles. The van der Waals surface area contributed by atoms with E-state index in [-0.39, 0.29) is 5.54 Å². The van der Waals surface area contributed by atoms with Crippen LogP contribution in [0.15, 0.2) is 0 Å². The summed E-state index contributed by atoms with van der Waals surface area (Å²) >= 11 is 0. The van der Waals surface area contributed by atoms with E-state index in [0.717, 1.165) is 13.1 Å². The van der Waals surface area contributed by atoms with Crippen LogP contribution in [0.4, 0.5) is 0 Å². The van der Waals surface area contributed by atoms with Gasteiger partial charge >= 0.3 is 0 Å². The minimum absolute atomic E-state index is 0.286. The summed E-state index contributed by atoms with van der Waals surface area (Å²) in [5.74, 6) is 0.